The Morgan fingerprint density at radius 3 is 2.33 bits per heavy atom. The Hall–Kier alpha value is -1.32. The molecule has 0 spiro atoms. The van der Waals surface area contributed by atoms with E-state index >= 15 is 0 Å². The number of aromatic amines is 1. The summed E-state index contributed by atoms with van der Waals surface area (Å²) in [5, 5.41) is 1.04. The van der Waals surface area contributed by atoms with Gasteiger partial charge in [0.05, 0.1) is 12.0 Å². The van der Waals surface area contributed by atoms with Gasteiger partial charge in [-0.05, 0) is 24.1 Å². The lowest BCUT2D eigenvalue weighted by Crippen LogP contribution is -2.16. The van der Waals surface area contributed by atoms with Gasteiger partial charge < -0.3 is 4.98 Å². The maximum absolute atomic E-state index is 11.9. The average Bonchev–Trinajstić information content (AvgIpc) is 2.26. The van der Waals surface area contributed by atoms with Crippen LogP contribution < -0.4 is 5.56 Å². The Bertz CT molecular complexity index is 615. The Labute approximate surface area is 115 Å². The molecule has 0 aliphatic heterocycles. The van der Waals surface area contributed by atoms with Crippen molar-refractivity contribution in [1.29, 1.82) is 0 Å². The highest BCUT2D eigenvalue weighted by molar-refractivity contribution is 6.35. The molecule has 0 amide bonds. The van der Waals surface area contributed by atoms with Gasteiger partial charge in [0, 0.05) is 21.2 Å². The summed E-state index contributed by atoms with van der Waals surface area (Å²) in [5.74, 6) is 0.0650. The van der Waals surface area contributed by atoms with Crippen LogP contribution in [0.15, 0.2) is 29.3 Å². The van der Waals surface area contributed by atoms with Gasteiger partial charge in [-0.2, -0.15) is 0 Å². The summed E-state index contributed by atoms with van der Waals surface area (Å²) in [6, 6.07) is 5.15. The van der Waals surface area contributed by atoms with Crippen LogP contribution in [0.2, 0.25) is 10.0 Å². The Morgan fingerprint density at radius 1 is 1.17 bits per heavy atom. The van der Waals surface area contributed by atoms with Crippen LogP contribution in [0.3, 0.4) is 0 Å². The minimum Gasteiger partial charge on any atom is -0.313 e. The van der Waals surface area contributed by atoms with Crippen LogP contribution in [0, 0.1) is 0 Å². The van der Waals surface area contributed by atoms with Crippen LogP contribution in [-0.2, 0) is 0 Å². The van der Waals surface area contributed by atoms with Crippen LogP contribution in [0.5, 0.6) is 0 Å². The van der Waals surface area contributed by atoms with E-state index in [1.165, 1.54) is 6.33 Å². The van der Waals surface area contributed by atoms with Gasteiger partial charge in [-0.3, -0.25) is 4.79 Å². The van der Waals surface area contributed by atoms with Crippen LogP contribution in [0.25, 0.3) is 11.3 Å². The molecule has 0 bridgehead atoms. The van der Waals surface area contributed by atoms with Gasteiger partial charge >= 0.3 is 0 Å². The zero-order chi connectivity index (χ0) is 13.3. The zero-order valence-corrected chi connectivity index (χ0v) is 11.5. The molecule has 2 aromatic rings. The lowest BCUT2D eigenvalue weighted by atomic mass is 9.98. The number of hydrogen-bond acceptors (Lipinski definition) is 2. The number of halogens is 2. The molecule has 5 heteroatoms. The van der Waals surface area contributed by atoms with Crippen molar-refractivity contribution < 1.29 is 0 Å². The molecule has 3 nitrogen and oxygen atoms in total. The summed E-state index contributed by atoms with van der Waals surface area (Å²) in [5.41, 5.74) is 1.88. The van der Waals surface area contributed by atoms with E-state index in [0.717, 1.165) is 5.56 Å². The predicted molar refractivity (Wildman–Crippen MR) is 74.4 cm³/mol. The third kappa shape index (κ3) is 2.57. The van der Waals surface area contributed by atoms with Crippen molar-refractivity contribution in [2.45, 2.75) is 19.8 Å². The second kappa shape index (κ2) is 5.12. The van der Waals surface area contributed by atoms with Crippen LogP contribution in [0.4, 0.5) is 0 Å². The lowest BCUT2D eigenvalue weighted by molar-refractivity contribution is 0.833. The Morgan fingerprint density at radius 2 is 1.78 bits per heavy atom. The first-order valence-electron chi connectivity index (χ1n) is 5.53. The number of benzene rings is 1. The molecule has 18 heavy (non-hydrogen) atoms. The minimum atomic E-state index is -0.133. The van der Waals surface area contributed by atoms with E-state index in [4.69, 9.17) is 23.2 Å². The summed E-state index contributed by atoms with van der Waals surface area (Å²) >= 11 is 11.9. The van der Waals surface area contributed by atoms with Crippen LogP contribution in [-0.4, -0.2) is 9.97 Å². The van der Waals surface area contributed by atoms with Crippen molar-refractivity contribution in [1.82, 2.24) is 9.97 Å². The van der Waals surface area contributed by atoms with Crippen molar-refractivity contribution >= 4 is 23.2 Å². The summed E-state index contributed by atoms with van der Waals surface area (Å²) in [6.45, 7) is 3.89. The smallest absolute Gasteiger partial charge is 0.254 e. The summed E-state index contributed by atoms with van der Waals surface area (Å²) in [4.78, 5) is 18.7. The Kier molecular flexibility index (Phi) is 3.73. The topological polar surface area (TPSA) is 45.8 Å². The van der Waals surface area contributed by atoms with Crippen molar-refractivity contribution in [3.63, 3.8) is 0 Å². The predicted octanol–water partition coefficient (Wildman–Crippen LogP) is 3.87. The van der Waals surface area contributed by atoms with Gasteiger partial charge in [0.25, 0.3) is 5.56 Å². The molecule has 0 unspecified atom stereocenters. The second-order valence-corrected chi connectivity index (χ2v) is 5.18. The molecule has 1 aromatic carbocycles. The quantitative estimate of drug-likeness (QED) is 0.909. The van der Waals surface area contributed by atoms with Gasteiger partial charge in [-0.1, -0.05) is 37.0 Å². The van der Waals surface area contributed by atoms with Crippen molar-refractivity contribution in [3.8, 4) is 11.3 Å². The van der Waals surface area contributed by atoms with Gasteiger partial charge in [-0.25, -0.2) is 4.98 Å². The number of H-pyrrole nitrogens is 1. The highest BCUT2D eigenvalue weighted by Crippen LogP contribution is 2.29. The minimum absolute atomic E-state index is 0.0650. The number of nitrogens with one attached hydrogen (secondary N) is 1. The number of aromatic nitrogens is 2. The van der Waals surface area contributed by atoms with Crippen molar-refractivity contribution in [2.75, 3.05) is 0 Å². The first kappa shape index (κ1) is 13.1. The van der Waals surface area contributed by atoms with Gasteiger partial charge in [0.1, 0.15) is 0 Å². The first-order chi connectivity index (χ1) is 8.49. The normalized spacial score (nSPS) is 10.9. The number of rotatable bonds is 2. The monoisotopic (exact) mass is 282 g/mol. The number of hydrogen-bond donors (Lipinski definition) is 1. The van der Waals surface area contributed by atoms with E-state index in [9.17, 15) is 4.79 Å². The van der Waals surface area contributed by atoms with Gasteiger partial charge in [0.15, 0.2) is 0 Å². The van der Waals surface area contributed by atoms with E-state index in [1.54, 1.807) is 18.2 Å². The van der Waals surface area contributed by atoms with Crippen molar-refractivity contribution in [3.05, 3.63) is 50.5 Å². The highest BCUT2D eigenvalue weighted by Gasteiger charge is 2.14. The molecule has 1 aromatic heterocycles. The maximum Gasteiger partial charge on any atom is 0.254 e. The molecule has 1 N–H and O–H groups in total. The Balaban J connectivity index is 2.71. The maximum atomic E-state index is 11.9. The third-order valence-electron chi connectivity index (χ3n) is 2.60. The summed E-state index contributed by atoms with van der Waals surface area (Å²) in [6.07, 6.45) is 1.39. The molecule has 0 atom stereocenters. The highest BCUT2D eigenvalue weighted by atomic mass is 35.5. The molecule has 0 saturated heterocycles. The van der Waals surface area contributed by atoms with Crippen molar-refractivity contribution in [2.24, 2.45) is 0 Å². The molecule has 2 rings (SSSR count). The van der Waals surface area contributed by atoms with E-state index in [1.807, 2.05) is 13.8 Å². The molecular weight excluding hydrogens is 271 g/mol. The fourth-order valence-electron chi connectivity index (χ4n) is 1.87. The van der Waals surface area contributed by atoms with E-state index in [-0.39, 0.29) is 11.5 Å². The molecular formula is C13H12Cl2N2O. The molecule has 0 aliphatic carbocycles. The SMILES string of the molecule is CC(C)c1c(-c2cc(Cl)cc(Cl)c2)nc[nH]c1=O. The van der Waals surface area contributed by atoms with Crippen LogP contribution in [0.1, 0.15) is 25.3 Å². The van der Waals surface area contributed by atoms with Gasteiger partial charge in [-0.15, -0.1) is 0 Å². The second-order valence-electron chi connectivity index (χ2n) is 4.31. The van der Waals surface area contributed by atoms with E-state index in [0.29, 0.717) is 21.3 Å². The largest absolute Gasteiger partial charge is 0.313 e. The molecule has 1 heterocycles. The van der Waals surface area contributed by atoms with Gasteiger partial charge in [0.2, 0.25) is 0 Å². The fourth-order valence-corrected chi connectivity index (χ4v) is 2.39. The summed E-state index contributed by atoms with van der Waals surface area (Å²) < 4.78 is 0. The van der Waals surface area contributed by atoms with E-state index in [2.05, 4.69) is 9.97 Å². The average molecular weight is 283 g/mol. The molecule has 94 valence electrons. The number of nitrogens with zero attached hydrogens (tertiary/aromatic N) is 1. The fraction of sp³-hybridized carbons (Fsp3) is 0.231. The molecule has 0 aliphatic rings. The lowest BCUT2D eigenvalue weighted by Gasteiger charge is -2.10. The molecule has 0 saturated carbocycles. The zero-order valence-electron chi connectivity index (χ0n) is 10.00. The molecule has 0 fully saturated rings. The molecule has 0 radical (unpaired) electrons. The third-order valence-corrected chi connectivity index (χ3v) is 3.04. The van der Waals surface area contributed by atoms with Crippen LogP contribution >= 0.6 is 23.2 Å². The summed E-state index contributed by atoms with van der Waals surface area (Å²) in [7, 11) is 0. The van der Waals surface area contributed by atoms with E-state index < -0.39 is 0 Å². The standard InChI is InChI=1S/C13H12Cl2N2O/c1-7(2)11-12(16-6-17-13(11)18)8-3-9(14)5-10(15)4-8/h3-7H,1-2H3,(H,16,17,18). The first-order valence-corrected chi connectivity index (χ1v) is 6.28.